The van der Waals surface area contributed by atoms with E-state index in [-0.39, 0.29) is 11.5 Å². The van der Waals surface area contributed by atoms with Crippen molar-refractivity contribution in [2.24, 2.45) is 17.3 Å². The molecule has 0 saturated heterocycles. The molecule has 0 unspecified atom stereocenters. The zero-order valence-corrected chi connectivity index (χ0v) is 15.9. The van der Waals surface area contributed by atoms with Crippen molar-refractivity contribution in [3.63, 3.8) is 0 Å². The summed E-state index contributed by atoms with van der Waals surface area (Å²) in [6, 6.07) is 16.4. The average molecular weight is 360 g/mol. The van der Waals surface area contributed by atoms with E-state index in [1.807, 2.05) is 18.2 Å². The molecular weight excluding hydrogens is 332 g/mol. The van der Waals surface area contributed by atoms with Crippen molar-refractivity contribution in [3.05, 3.63) is 70.8 Å². The number of phenolic OH excluding ortho intramolecular Hbond substituents is 1. The first-order chi connectivity index (χ1) is 13.1. The van der Waals surface area contributed by atoms with E-state index in [1.54, 1.807) is 0 Å². The Hall–Kier alpha value is -2.06. The van der Waals surface area contributed by atoms with Crippen molar-refractivity contribution in [3.8, 4) is 5.75 Å². The molecule has 0 aromatic heterocycles. The molecule has 2 nitrogen and oxygen atoms in total. The van der Waals surface area contributed by atoms with Gasteiger partial charge in [-0.2, -0.15) is 0 Å². The van der Waals surface area contributed by atoms with Gasteiger partial charge in [0, 0.05) is 5.41 Å². The summed E-state index contributed by atoms with van der Waals surface area (Å²) in [6.45, 7) is 2.32. The lowest BCUT2D eigenvalue weighted by Crippen LogP contribution is -2.44. The van der Waals surface area contributed by atoms with Gasteiger partial charge in [-0.25, -0.2) is 0 Å². The van der Waals surface area contributed by atoms with Crippen LogP contribution in [0.3, 0.4) is 0 Å². The average Bonchev–Trinajstić information content (AvgIpc) is 2.93. The first kappa shape index (κ1) is 17.1. The summed E-state index contributed by atoms with van der Waals surface area (Å²) in [6.07, 6.45) is 7.35. The largest absolute Gasteiger partial charge is 0.508 e. The first-order valence-corrected chi connectivity index (χ1v) is 10.3. The van der Waals surface area contributed by atoms with Gasteiger partial charge in [0.1, 0.15) is 5.75 Å². The quantitative estimate of drug-likeness (QED) is 0.724. The summed E-state index contributed by atoms with van der Waals surface area (Å²) >= 11 is 0. The van der Waals surface area contributed by atoms with Gasteiger partial charge in [-0.3, -0.25) is 0 Å². The number of rotatable bonds is 1. The standard InChI is InChI=1S/C25H28O2/c1-25-12-11-21-20-10-8-19(26)14-17(20)7-9-22(21)23(25)15-18(24(25)27)13-16-5-3-2-4-6-16/h2-6,8,10,13-14,21-24,26-27H,7,9,11-12,15H2,1H3/b18-13+/t21-,22+,23-,24-,25+/m1/s1. The van der Waals surface area contributed by atoms with Crippen molar-refractivity contribution in [1.29, 1.82) is 0 Å². The Morgan fingerprint density at radius 2 is 1.89 bits per heavy atom. The highest BCUT2D eigenvalue weighted by Crippen LogP contribution is 2.62. The van der Waals surface area contributed by atoms with Crippen LogP contribution in [0.5, 0.6) is 5.75 Å². The zero-order valence-electron chi connectivity index (χ0n) is 15.9. The number of hydrogen-bond donors (Lipinski definition) is 2. The summed E-state index contributed by atoms with van der Waals surface area (Å²) in [4.78, 5) is 0. The highest BCUT2D eigenvalue weighted by atomic mass is 16.3. The van der Waals surface area contributed by atoms with E-state index in [2.05, 4.69) is 43.3 Å². The lowest BCUT2D eigenvalue weighted by molar-refractivity contribution is -0.0158. The molecule has 2 aromatic carbocycles. The van der Waals surface area contributed by atoms with Crippen LogP contribution >= 0.6 is 0 Å². The number of fused-ring (bicyclic) bond motifs is 5. The second kappa shape index (κ2) is 6.24. The van der Waals surface area contributed by atoms with Crippen molar-refractivity contribution < 1.29 is 10.2 Å². The lowest BCUT2D eigenvalue weighted by Gasteiger charge is -2.49. The van der Waals surface area contributed by atoms with Crippen LogP contribution in [-0.4, -0.2) is 16.3 Å². The van der Waals surface area contributed by atoms with Crippen LogP contribution in [-0.2, 0) is 6.42 Å². The molecule has 27 heavy (non-hydrogen) atoms. The van der Waals surface area contributed by atoms with Crippen molar-refractivity contribution >= 4 is 6.08 Å². The molecule has 5 rings (SSSR count). The minimum atomic E-state index is -0.329. The SMILES string of the molecule is C[C@]12CC[C@@H]3c4ccc(O)cc4CC[C@@H]3[C@H]1C/C(=C\c1ccccc1)[C@H]2O. The molecule has 140 valence electrons. The Labute approximate surface area is 161 Å². The third kappa shape index (κ3) is 2.65. The summed E-state index contributed by atoms with van der Waals surface area (Å²) in [5.74, 6) is 2.15. The number of phenols is 1. The number of aryl methyl sites for hydroxylation is 1. The molecule has 0 radical (unpaired) electrons. The molecule has 2 aromatic rings. The number of benzene rings is 2. The van der Waals surface area contributed by atoms with E-state index >= 15 is 0 Å². The van der Waals surface area contributed by atoms with Crippen LogP contribution in [0.4, 0.5) is 0 Å². The van der Waals surface area contributed by atoms with E-state index < -0.39 is 0 Å². The molecular formula is C25H28O2. The van der Waals surface area contributed by atoms with E-state index in [9.17, 15) is 10.2 Å². The van der Waals surface area contributed by atoms with E-state index in [4.69, 9.17) is 0 Å². The molecule has 2 fully saturated rings. The second-order valence-corrected chi connectivity index (χ2v) is 9.08. The Morgan fingerprint density at radius 3 is 2.70 bits per heavy atom. The highest BCUT2D eigenvalue weighted by Gasteiger charge is 2.56. The van der Waals surface area contributed by atoms with Gasteiger partial charge in [0.25, 0.3) is 0 Å². The fraction of sp³-hybridized carbons (Fsp3) is 0.440. The van der Waals surface area contributed by atoms with Crippen LogP contribution in [0.1, 0.15) is 55.2 Å². The molecule has 2 saturated carbocycles. The summed E-state index contributed by atoms with van der Waals surface area (Å²) in [7, 11) is 0. The number of aromatic hydroxyl groups is 1. The molecule has 0 spiro atoms. The predicted octanol–water partition coefficient (Wildman–Crippen LogP) is 5.30. The normalized spacial score (nSPS) is 36.1. The van der Waals surface area contributed by atoms with Gasteiger partial charge in [-0.1, -0.05) is 49.4 Å². The third-order valence-electron chi connectivity index (χ3n) is 7.73. The smallest absolute Gasteiger partial charge is 0.115 e. The van der Waals surface area contributed by atoms with Crippen LogP contribution in [0.25, 0.3) is 6.08 Å². The third-order valence-corrected chi connectivity index (χ3v) is 7.73. The van der Waals surface area contributed by atoms with Gasteiger partial charge in [-0.15, -0.1) is 0 Å². The molecule has 0 heterocycles. The summed E-state index contributed by atoms with van der Waals surface area (Å²) in [5, 5.41) is 21.1. The Morgan fingerprint density at radius 1 is 1.07 bits per heavy atom. The molecule has 2 heteroatoms. The van der Waals surface area contributed by atoms with Gasteiger partial charge < -0.3 is 10.2 Å². The Balaban J connectivity index is 1.49. The number of aliphatic hydroxyl groups excluding tert-OH is 1. The van der Waals surface area contributed by atoms with Crippen molar-refractivity contribution in [2.75, 3.05) is 0 Å². The highest BCUT2D eigenvalue weighted by molar-refractivity contribution is 5.55. The fourth-order valence-electron chi connectivity index (χ4n) is 6.33. The maximum Gasteiger partial charge on any atom is 0.115 e. The molecule has 0 aliphatic heterocycles. The van der Waals surface area contributed by atoms with Crippen LogP contribution in [0.2, 0.25) is 0 Å². The fourth-order valence-corrected chi connectivity index (χ4v) is 6.33. The monoisotopic (exact) mass is 360 g/mol. The van der Waals surface area contributed by atoms with Crippen LogP contribution in [0, 0.1) is 17.3 Å². The predicted molar refractivity (Wildman–Crippen MR) is 109 cm³/mol. The van der Waals surface area contributed by atoms with Crippen molar-refractivity contribution in [1.82, 2.24) is 0 Å². The molecule has 3 aliphatic rings. The molecule has 0 amide bonds. The minimum Gasteiger partial charge on any atom is -0.508 e. The maximum absolute atomic E-state index is 11.2. The van der Waals surface area contributed by atoms with Gasteiger partial charge >= 0.3 is 0 Å². The number of hydrogen-bond acceptors (Lipinski definition) is 2. The number of aliphatic hydroxyl groups is 1. The van der Waals surface area contributed by atoms with Gasteiger partial charge in [0.05, 0.1) is 6.10 Å². The molecule has 3 aliphatic carbocycles. The summed E-state index contributed by atoms with van der Waals surface area (Å²) < 4.78 is 0. The lowest BCUT2D eigenvalue weighted by atomic mass is 9.55. The Kier molecular flexibility index (Phi) is 3.94. The second-order valence-electron chi connectivity index (χ2n) is 9.08. The van der Waals surface area contributed by atoms with E-state index in [1.165, 1.54) is 28.7 Å². The summed E-state index contributed by atoms with van der Waals surface area (Å²) in [5.41, 5.74) is 5.18. The van der Waals surface area contributed by atoms with Gasteiger partial charge in [-0.05, 0) is 84.3 Å². The van der Waals surface area contributed by atoms with Gasteiger partial charge in [0.2, 0.25) is 0 Å². The Bertz CT molecular complexity index is 884. The van der Waals surface area contributed by atoms with Crippen LogP contribution < -0.4 is 0 Å². The molecule has 0 bridgehead atoms. The molecule has 5 atom stereocenters. The zero-order chi connectivity index (χ0) is 18.6. The minimum absolute atomic E-state index is 0.00377. The van der Waals surface area contributed by atoms with Crippen LogP contribution in [0.15, 0.2) is 54.1 Å². The maximum atomic E-state index is 11.2. The van der Waals surface area contributed by atoms with Gasteiger partial charge in [0.15, 0.2) is 0 Å². The topological polar surface area (TPSA) is 40.5 Å². The first-order valence-electron chi connectivity index (χ1n) is 10.3. The van der Waals surface area contributed by atoms with Crippen molar-refractivity contribution in [2.45, 2.75) is 51.0 Å². The van der Waals surface area contributed by atoms with E-state index in [0.29, 0.717) is 23.5 Å². The molecule has 2 N–H and O–H groups in total. The van der Waals surface area contributed by atoms with E-state index in [0.717, 1.165) is 25.7 Å².